The summed E-state index contributed by atoms with van der Waals surface area (Å²) < 4.78 is 32.0. The lowest BCUT2D eigenvalue weighted by Gasteiger charge is -2.23. The second-order valence-corrected chi connectivity index (χ2v) is 4.91. The third-order valence-corrected chi connectivity index (χ3v) is 3.56. The molecule has 2 aromatic rings. The minimum absolute atomic E-state index is 0.131. The molecule has 0 aliphatic carbocycles. The lowest BCUT2D eigenvalue weighted by Crippen LogP contribution is -2.42. The largest absolute Gasteiger partial charge is 0.379 e. The summed E-state index contributed by atoms with van der Waals surface area (Å²) in [7, 11) is 0. The molecule has 1 aliphatic heterocycles. The standard InChI is InChI=1S/C12H13F2N3O/c1-12(5-18-4-9(12)15)11-16-8-3-6(13)2-7(14)10(8)17-11/h2-3,9H,4-5,15H2,1H3,(H,16,17). The third-order valence-electron chi connectivity index (χ3n) is 3.56. The lowest BCUT2D eigenvalue weighted by molar-refractivity contribution is 0.178. The highest BCUT2D eigenvalue weighted by molar-refractivity contribution is 5.76. The van der Waals surface area contributed by atoms with Crippen LogP contribution in [0.5, 0.6) is 0 Å². The van der Waals surface area contributed by atoms with Gasteiger partial charge >= 0.3 is 0 Å². The summed E-state index contributed by atoms with van der Waals surface area (Å²) in [5, 5.41) is 0. The van der Waals surface area contributed by atoms with Crippen molar-refractivity contribution in [2.75, 3.05) is 13.2 Å². The predicted octanol–water partition coefficient (Wildman–Crippen LogP) is 1.46. The van der Waals surface area contributed by atoms with Gasteiger partial charge in [0.2, 0.25) is 0 Å². The predicted molar refractivity (Wildman–Crippen MR) is 62.2 cm³/mol. The first-order valence-corrected chi connectivity index (χ1v) is 5.69. The Morgan fingerprint density at radius 2 is 2.28 bits per heavy atom. The van der Waals surface area contributed by atoms with Crippen LogP contribution in [0.4, 0.5) is 8.78 Å². The molecular weight excluding hydrogens is 240 g/mol. The summed E-state index contributed by atoms with van der Waals surface area (Å²) >= 11 is 0. The number of rotatable bonds is 1. The molecule has 0 spiro atoms. The van der Waals surface area contributed by atoms with Crippen LogP contribution in [0.1, 0.15) is 12.7 Å². The van der Waals surface area contributed by atoms with E-state index in [1.54, 1.807) is 0 Å². The van der Waals surface area contributed by atoms with Crippen molar-refractivity contribution in [1.29, 1.82) is 0 Å². The van der Waals surface area contributed by atoms with Gasteiger partial charge in [-0.15, -0.1) is 0 Å². The fourth-order valence-corrected chi connectivity index (χ4v) is 2.25. The van der Waals surface area contributed by atoms with E-state index in [-0.39, 0.29) is 11.6 Å². The number of hydrogen-bond acceptors (Lipinski definition) is 3. The third kappa shape index (κ3) is 1.53. The smallest absolute Gasteiger partial charge is 0.153 e. The molecule has 2 unspecified atom stereocenters. The van der Waals surface area contributed by atoms with Gasteiger partial charge in [-0.1, -0.05) is 0 Å². The summed E-state index contributed by atoms with van der Waals surface area (Å²) in [6.45, 7) is 2.75. The second kappa shape index (κ2) is 3.73. The molecule has 1 fully saturated rings. The number of nitrogens with two attached hydrogens (primary N) is 1. The van der Waals surface area contributed by atoms with Crippen LogP contribution in [0.2, 0.25) is 0 Å². The molecule has 1 aromatic heterocycles. The Morgan fingerprint density at radius 1 is 1.50 bits per heavy atom. The SMILES string of the molecule is CC1(c2nc3c(F)cc(F)cc3[nH]2)COCC1N. The number of aromatic nitrogens is 2. The van der Waals surface area contributed by atoms with Crippen LogP contribution in [-0.4, -0.2) is 29.2 Å². The summed E-state index contributed by atoms with van der Waals surface area (Å²) in [5.41, 5.74) is 5.95. The highest BCUT2D eigenvalue weighted by atomic mass is 19.1. The van der Waals surface area contributed by atoms with Gasteiger partial charge in [-0.3, -0.25) is 0 Å². The molecule has 0 bridgehead atoms. The average molecular weight is 253 g/mol. The van der Waals surface area contributed by atoms with E-state index in [1.807, 2.05) is 6.92 Å². The molecule has 0 saturated carbocycles. The van der Waals surface area contributed by atoms with Gasteiger partial charge in [-0.05, 0) is 13.0 Å². The van der Waals surface area contributed by atoms with E-state index in [2.05, 4.69) is 9.97 Å². The molecular formula is C12H13F2N3O. The first-order chi connectivity index (χ1) is 8.50. The molecule has 6 heteroatoms. The highest BCUT2D eigenvalue weighted by Crippen LogP contribution is 2.31. The van der Waals surface area contributed by atoms with Crippen LogP contribution < -0.4 is 5.73 Å². The van der Waals surface area contributed by atoms with Crippen molar-refractivity contribution >= 4 is 11.0 Å². The van der Waals surface area contributed by atoms with Crippen LogP contribution in [0, 0.1) is 11.6 Å². The van der Waals surface area contributed by atoms with Crippen molar-refractivity contribution in [3.05, 3.63) is 29.6 Å². The lowest BCUT2D eigenvalue weighted by atomic mass is 9.85. The van der Waals surface area contributed by atoms with Gasteiger partial charge in [0.15, 0.2) is 5.82 Å². The first-order valence-electron chi connectivity index (χ1n) is 5.69. The summed E-state index contributed by atoms with van der Waals surface area (Å²) in [6, 6.07) is 1.82. The molecule has 18 heavy (non-hydrogen) atoms. The van der Waals surface area contributed by atoms with Crippen molar-refractivity contribution in [1.82, 2.24) is 9.97 Å². The zero-order valence-electron chi connectivity index (χ0n) is 9.84. The van der Waals surface area contributed by atoms with Crippen molar-refractivity contribution in [2.24, 2.45) is 5.73 Å². The molecule has 1 aliphatic rings. The number of ether oxygens (including phenoxy) is 1. The van der Waals surface area contributed by atoms with Crippen LogP contribution in [0.25, 0.3) is 11.0 Å². The molecule has 0 amide bonds. The van der Waals surface area contributed by atoms with Crippen molar-refractivity contribution < 1.29 is 13.5 Å². The van der Waals surface area contributed by atoms with E-state index in [0.29, 0.717) is 24.6 Å². The van der Waals surface area contributed by atoms with Gasteiger partial charge in [0, 0.05) is 12.1 Å². The quantitative estimate of drug-likeness (QED) is 0.808. The molecule has 3 rings (SSSR count). The highest BCUT2D eigenvalue weighted by Gasteiger charge is 2.42. The monoisotopic (exact) mass is 253 g/mol. The molecule has 0 radical (unpaired) electrons. The Kier molecular flexibility index (Phi) is 2.39. The Hall–Kier alpha value is -1.53. The fourth-order valence-electron chi connectivity index (χ4n) is 2.25. The maximum atomic E-state index is 13.6. The zero-order valence-corrected chi connectivity index (χ0v) is 9.84. The van der Waals surface area contributed by atoms with Crippen LogP contribution in [0.3, 0.4) is 0 Å². The number of aromatic amines is 1. The van der Waals surface area contributed by atoms with E-state index >= 15 is 0 Å². The van der Waals surface area contributed by atoms with Crippen LogP contribution in [0.15, 0.2) is 12.1 Å². The number of halogens is 2. The van der Waals surface area contributed by atoms with Gasteiger partial charge in [-0.25, -0.2) is 13.8 Å². The number of H-pyrrole nitrogens is 1. The number of hydrogen-bond donors (Lipinski definition) is 2. The van der Waals surface area contributed by atoms with Crippen LogP contribution >= 0.6 is 0 Å². The molecule has 2 atom stereocenters. The molecule has 2 heterocycles. The normalized spacial score (nSPS) is 28.1. The van der Waals surface area contributed by atoms with Gasteiger partial charge in [-0.2, -0.15) is 0 Å². The number of nitrogens with zero attached hydrogens (tertiary/aromatic N) is 1. The Morgan fingerprint density at radius 3 is 2.94 bits per heavy atom. The molecule has 3 N–H and O–H groups in total. The second-order valence-electron chi connectivity index (χ2n) is 4.91. The van der Waals surface area contributed by atoms with Gasteiger partial charge < -0.3 is 15.5 Å². The summed E-state index contributed by atoms with van der Waals surface area (Å²) in [5.74, 6) is -0.775. The van der Waals surface area contributed by atoms with Crippen molar-refractivity contribution in [2.45, 2.75) is 18.4 Å². The van der Waals surface area contributed by atoms with E-state index in [9.17, 15) is 8.78 Å². The van der Waals surface area contributed by atoms with Gasteiger partial charge in [0.1, 0.15) is 17.2 Å². The average Bonchev–Trinajstić information content (AvgIpc) is 2.85. The molecule has 1 aromatic carbocycles. The van der Waals surface area contributed by atoms with Gasteiger partial charge in [0.05, 0.1) is 24.1 Å². The zero-order chi connectivity index (χ0) is 12.9. The van der Waals surface area contributed by atoms with E-state index in [0.717, 1.165) is 6.07 Å². The maximum Gasteiger partial charge on any atom is 0.153 e. The van der Waals surface area contributed by atoms with E-state index < -0.39 is 17.0 Å². The Labute approximate surface area is 102 Å². The minimum Gasteiger partial charge on any atom is -0.379 e. The number of fused-ring (bicyclic) bond motifs is 1. The maximum absolute atomic E-state index is 13.6. The molecule has 1 saturated heterocycles. The van der Waals surface area contributed by atoms with Crippen molar-refractivity contribution in [3.63, 3.8) is 0 Å². The van der Waals surface area contributed by atoms with E-state index in [1.165, 1.54) is 6.07 Å². The van der Waals surface area contributed by atoms with E-state index in [4.69, 9.17) is 10.5 Å². The topological polar surface area (TPSA) is 63.9 Å². The Bertz CT molecular complexity index is 613. The first kappa shape index (κ1) is 11.6. The molecule has 96 valence electrons. The number of benzene rings is 1. The summed E-state index contributed by atoms with van der Waals surface area (Å²) in [6.07, 6.45) is 0. The number of nitrogens with one attached hydrogen (secondary N) is 1. The number of imidazole rings is 1. The Balaban J connectivity index is 2.17. The minimum atomic E-state index is -0.677. The summed E-state index contributed by atoms with van der Waals surface area (Å²) in [4.78, 5) is 7.14. The van der Waals surface area contributed by atoms with Gasteiger partial charge in [0.25, 0.3) is 0 Å². The molecule has 4 nitrogen and oxygen atoms in total. The van der Waals surface area contributed by atoms with Crippen molar-refractivity contribution in [3.8, 4) is 0 Å². The van der Waals surface area contributed by atoms with Crippen LogP contribution in [-0.2, 0) is 10.2 Å². The fraction of sp³-hybridized carbons (Fsp3) is 0.417.